The molecule has 0 amide bonds. The van der Waals surface area contributed by atoms with E-state index in [-0.39, 0.29) is 13.7 Å². The number of rotatable bonds is 8. The summed E-state index contributed by atoms with van der Waals surface area (Å²) in [6, 6.07) is 102. The van der Waals surface area contributed by atoms with Gasteiger partial charge in [-0.3, -0.25) is 9.80 Å². The van der Waals surface area contributed by atoms with Gasteiger partial charge in [-0.15, -0.1) is 0 Å². The lowest BCUT2D eigenvalue weighted by molar-refractivity contribution is 1.17. The highest BCUT2D eigenvalue weighted by Gasteiger charge is 2.49. The van der Waals surface area contributed by atoms with Crippen LogP contribution in [0.5, 0.6) is 0 Å². The molecule has 0 atom stereocenters. The molecular formula is C76H48B2N8. The molecule has 4 aliphatic heterocycles. The van der Waals surface area contributed by atoms with Gasteiger partial charge in [0.05, 0.1) is 0 Å². The smallest absolute Gasteiger partial charge is 0.333 e. The van der Waals surface area contributed by atoms with E-state index in [0.29, 0.717) is 0 Å². The molecule has 0 spiro atoms. The molecule has 0 bridgehead atoms. The second kappa shape index (κ2) is 18.1. The predicted octanol–water partition coefficient (Wildman–Crippen LogP) is 16.5. The maximum Gasteiger partial charge on any atom is 0.333 e. The minimum absolute atomic E-state index is 0.213. The molecule has 0 N–H and O–H groups in total. The number of para-hydroxylation sites is 8. The van der Waals surface area contributed by atoms with Gasteiger partial charge in [-0.05, 0) is 154 Å². The molecular weight excluding hydrogens is 1050 g/mol. The fraction of sp³-hybridized carbons (Fsp3) is 0. The first-order valence-corrected chi connectivity index (χ1v) is 29.6. The van der Waals surface area contributed by atoms with Gasteiger partial charge in [0, 0.05) is 124 Å². The lowest BCUT2D eigenvalue weighted by Gasteiger charge is -2.42. The third-order valence-corrected chi connectivity index (χ3v) is 18.4. The number of nitrogens with zero attached hydrogens (tertiary/aromatic N) is 8. The number of pyridine rings is 2. The van der Waals surface area contributed by atoms with Crippen LogP contribution in [-0.2, 0) is 0 Å². The van der Waals surface area contributed by atoms with Gasteiger partial charge in [-0.25, -0.2) is 9.97 Å². The summed E-state index contributed by atoms with van der Waals surface area (Å²) in [5, 5.41) is 4.91. The second-order valence-electron chi connectivity index (χ2n) is 22.8. The van der Waals surface area contributed by atoms with Crippen molar-refractivity contribution in [1.29, 1.82) is 0 Å². The molecule has 0 saturated carbocycles. The summed E-state index contributed by atoms with van der Waals surface area (Å²) >= 11 is 0. The van der Waals surface area contributed by atoms with Crippen LogP contribution >= 0.6 is 0 Å². The summed E-state index contributed by atoms with van der Waals surface area (Å²) in [5.74, 6) is 1.73. The SMILES string of the molecule is c1ccc(N(c2ccccc2)c2cc3c4c(c2)N(c2ccccn2)c2ccccc2B4n2c4ccccc4c4c5c6c(c-3c42)c2ccccc2n6B2c3ccccc3N(c3ccccn3)c3cc(N(c4ccccc4)c4ccccc4)cc-5c32)cc1. The molecule has 4 aliphatic rings. The van der Waals surface area contributed by atoms with Crippen LogP contribution in [0.3, 0.4) is 0 Å². The van der Waals surface area contributed by atoms with Crippen LogP contribution in [0.1, 0.15) is 0 Å². The van der Waals surface area contributed by atoms with Crippen molar-refractivity contribution >= 4 is 148 Å². The average Bonchev–Trinajstić information content (AvgIpc) is 1.43. The first-order chi connectivity index (χ1) is 42.8. The van der Waals surface area contributed by atoms with E-state index in [1.807, 2.05) is 24.5 Å². The molecule has 0 aliphatic carbocycles. The molecule has 0 radical (unpaired) electrons. The fourth-order valence-electron chi connectivity index (χ4n) is 15.3. The van der Waals surface area contributed by atoms with Gasteiger partial charge in [-0.1, -0.05) is 158 Å². The van der Waals surface area contributed by atoms with Crippen molar-refractivity contribution in [3.8, 4) is 22.3 Å². The third-order valence-electron chi connectivity index (χ3n) is 18.4. The highest BCUT2D eigenvalue weighted by Crippen LogP contribution is 2.57. The van der Waals surface area contributed by atoms with E-state index in [9.17, 15) is 0 Å². The van der Waals surface area contributed by atoms with E-state index in [4.69, 9.17) is 9.97 Å². The van der Waals surface area contributed by atoms with Gasteiger partial charge >= 0.3 is 13.7 Å². The van der Waals surface area contributed by atoms with Crippen molar-refractivity contribution in [1.82, 2.24) is 18.9 Å². The Bertz CT molecular complexity index is 4860. The van der Waals surface area contributed by atoms with Crippen molar-refractivity contribution in [2.24, 2.45) is 0 Å². The fourth-order valence-corrected chi connectivity index (χ4v) is 15.3. The molecule has 0 fully saturated rings. The van der Waals surface area contributed by atoms with Crippen molar-refractivity contribution in [2.75, 3.05) is 19.6 Å². The van der Waals surface area contributed by atoms with Crippen molar-refractivity contribution < 1.29 is 0 Å². The van der Waals surface area contributed by atoms with E-state index in [2.05, 4.69) is 295 Å². The third kappa shape index (κ3) is 6.44. The largest absolute Gasteiger partial charge is 0.375 e. The Hall–Kier alpha value is -11.4. The Morgan fingerprint density at radius 3 is 1.03 bits per heavy atom. The van der Waals surface area contributed by atoms with Gasteiger partial charge in [-0.2, -0.15) is 0 Å². The molecule has 4 aromatic heterocycles. The lowest BCUT2D eigenvalue weighted by atomic mass is 9.44. The summed E-state index contributed by atoms with van der Waals surface area (Å²) in [6.07, 6.45) is 3.84. The highest BCUT2D eigenvalue weighted by molar-refractivity contribution is 6.92. The van der Waals surface area contributed by atoms with Crippen LogP contribution in [0.4, 0.5) is 68.5 Å². The summed E-state index contributed by atoms with van der Waals surface area (Å²) in [7, 11) is 0. The van der Waals surface area contributed by atoms with Crippen molar-refractivity contribution in [3.05, 3.63) is 291 Å². The minimum atomic E-state index is -0.213. The molecule has 11 aromatic carbocycles. The molecule has 19 rings (SSSR count). The first kappa shape index (κ1) is 47.2. The average molecular weight is 1090 g/mol. The zero-order valence-corrected chi connectivity index (χ0v) is 46.4. The van der Waals surface area contributed by atoms with Crippen LogP contribution in [0.2, 0.25) is 0 Å². The molecule has 86 heavy (non-hydrogen) atoms. The molecule has 0 saturated heterocycles. The monoisotopic (exact) mass is 1090 g/mol. The molecule has 8 nitrogen and oxygen atoms in total. The summed E-state index contributed by atoms with van der Waals surface area (Å²) < 4.78 is 5.46. The lowest BCUT2D eigenvalue weighted by Crippen LogP contribution is -2.57. The van der Waals surface area contributed by atoms with E-state index in [0.717, 1.165) is 68.5 Å². The molecule has 8 heterocycles. The number of benzene rings is 11. The normalized spacial score (nSPS) is 13.0. The van der Waals surface area contributed by atoms with Crippen LogP contribution in [0.15, 0.2) is 291 Å². The minimum Gasteiger partial charge on any atom is -0.375 e. The standard InChI is InChI=1S/C76H48B2N8/c1-5-25-49(26-6-1)81(50-27-7-2-8-28-50)53-45-57-71-69-55-33-13-17-37-61(55)86-76(69)72(70-56-34-14-18-38-62(56)85(75(70)71)77-59-35-15-19-39-63(59)83(65(47-53)73(57)77)67-41-21-23-43-79-67)58-46-54(82(51-29-9-3-10-30-51)52-31-11-4-12-32-52)48-66-74(58)78(86)60-36-16-20-40-64(60)84(66)68-42-22-24-44-80-68/h1-48H. The second-order valence-corrected chi connectivity index (χ2v) is 22.8. The van der Waals surface area contributed by atoms with Gasteiger partial charge in [0.1, 0.15) is 11.6 Å². The highest BCUT2D eigenvalue weighted by atomic mass is 15.2. The Kier molecular flexibility index (Phi) is 9.91. The number of fused-ring (bicyclic) bond motifs is 16. The molecule has 15 aromatic rings. The van der Waals surface area contributed by atoms with Crippen LogP contribution in [0.25, 0.3) is 65.9 Å². The number of anilines is 12. The van der Waals surface area contributed by atoms with E-state index in [1.54, 1.807) is 0 Å². The molecule has 398 valence electrons. The maximum absolute atomic E-state index is 5.18. The Morgan fingerprint density at radius 1 is 0.302 bits per heavy atom. The molecule has 0 unspecified atom stereocenters. The Labute approximate surface area is 497 Å². The number of aromatic nitrogens is 4. The van der Waals surface area contributed by atoms with Gasteiger partial charge in [0.2, 0.25) is 0 Å². The quantitative estimate of drug-likeness (QED) is 0.141. The summed E-state index contributed by atoms with van der Waals surface area (Å²) in [4.78, 5) is 20.1. The maximum atomic E-state index is 5.18. The predicted molar refractivity (Wildman–Crippen MR) is 358 cm³/mol. The summed E-state index contributed by atoms with van der Waals surface area (Å²) in [5.41, 5.74) is 25.4. The topological polar surface area (TPSA) is 48.6 Å². The van der Waals surface area contributed by atoms with E-state index in [1.165, 1.54) is 87.7 Å². The van der Waals surface area contributed by atoms with Crippen LogP contribution < -0.4 is 41.5 Å². The van der Waals surface area contributed by atoms with Crippen LogP contribution in [0, 0.1) is 0 Å². The summed E-state index contributed by atoms with van der Waals surface area (Å²) in [6.45, 7) is -0.426. The van der Waals surface area contributed by atoms with E-state index >= 15 is 0 Å². The zero-order valence-electron chi connectivity index (χ0n) is 46.4. The first-order valence-electron chi connectivity index (χ1n) is 29.6. The van der Waals surface area contributed by atoms with Crippen molar-refractivity contribution in [3.63, 3.8) is 0 Å². The number of hydrogen-bond donors (Lipinski definition) is 0. The van der Waals surface area contributed by atoms with Gasteiger partial charge in [0.15, 0.2) is 0 Å². The zero-order chi connectivity index (χ0) is 56.1. The van der Waals surface area contributed by atoms with Gasteiger partial charge in [0.25, 0.3) is 0 Å². The van der Waals surface area contributed by atoms with E-state index < -0.39 is 0 Å². The Balaban J connectivity index is 1.03. The molecule has 10 heteroatoms. The van der Waals surface area contributed by atoms with Crippen LogP contribution in [-0.4, -0.2) is 32.6 Å². The Morgan fingerprint density at radius 2 is 0.651 bits per heavy atom. The number of hydrogen-bond acceptors (Lipinski definition) is 6. The van der Waals surface area contributed by atoms with Crippen molar-refractivity contribution in [2.45, 2.75) is 0 Å². The van der Waals surface area contributed by atoms with Gasteiger partial charge < -0.3 is 18.8 Å².